The Bertz CT molecular complexity index is 815. The lowest BCUT2D eigenvalue weighted by atomic mass is 10.0. The highest BCUT2D eigenvalue weighted by atomic mass is 32.2. The number of hydrogen-bond acceptors (Lipinski definition) is 11. The average Bonchev–Trinajstić information content (AvgIpc) is 2.67. The predicted octanol–water partition coefficient (Wildman–Crippen LogP) is -3.31. The van der Waals surface area contributed by atoms with E-state index < -0.39 is 76.9 Å². The molecule has 1 aliphatic heterocycles. The van der Waals surface area contributed by atoms with Crippen LogP contribution >= 0.6 is 11.8 Å². The highest BCUT2D eigenvalue weighted by Gasteiger charge is 2.67. The maximum atomic E-state index is 12.2. The van der Waals surface area contributed by atoms with Crippen molar-refractivity contribution in [3.8, 4) is 0 Å². The molecule has 1 heterocycles. The van der Waals surface area contributed by atoms with Gasteiger partial charge in [0.05, 0.1) is 5.75 Å². The number of carbonyl (C=O) groups is 5. The lowest BCUT2D eigenvalue weighted by Crippen LogP contribution is -2.71. The molecule has 2 atom stereocenters. The van der Waals surface area contributed by atoms with Crippen molar-refractivity contribution in [2.24, 2.45) is 5.73 Å². The van der Waals surface area contributed by atoms with Crippen molar-refractivity contribution in [2.75, 3.05) is 31.1 Å². The van der Waals surface area contributed by atoms with Crippen LogP contribution in [-0.2, 0) is 24.0 Å². The van der Waals surface area contributed by atoms with Crippen LogP contribution in [0.25, 0.3) is 0 Å². The molecule has 18 heteroatoms. The first-order valence-electron chi connectivity index (χ1n) is 9.22. The van der Waals surface area contributed by atoms with Crippen molar-refractivity contribution in [1.82, 2.24) is 15.5 Å². The first-order valence-corrected chi connectivity index (χ1v) is 10.4. The minimum Gasteiger partial charge on any atom is -0.480 e. The Labute approximate surface area is 189 Å². The van der Waals surface area contributed by atoms with Gasteiger partial charge < -0.3 is 31.5 Å². The Morgan fingerprint density at radius 2 is 1.70 bits per heavy atom. The number of nitrogens with two attached hydrogens (primary N) is 1. The van der Waals surface area contributed by atoms with Crippen LogP contribution in [0.3, 0.4) is 0 Å². The molecule has 0 aromatic heterocycles. The van der Waals surface area contributed by atoms with Crippen molar-refractivity contribution >= 4 is 41.4 Å². The van der Waals surface area contributed by atoms with Gasteiger partial charge in [-0.15, -0.1) is 11.8 Å². The highest BCUT2D eigenvalue weighted by molar-refractivity contribution is 8.00. The molecular formula is C15H22N6O11S. The molecule has 184 valence electrons. The zero-order chi connectivity index (χ0) is 25.3. The zero-order valence-corrected chi connectivity index (χ0v) is 17.8. The summed E-state index contributed by atoms with van der Waals surface area (Å²) in [5.41, 5.74) is 2.84. The van der Waals surface area contributed by atoms with Gasteiger partial charge in [0.1, 0.15) is 28.5 Å². The van der Waals surface area contributed by atoms with Gasteiger partial charge in [0.15, 0.2) is 13.1 Å². The Morgan fingerprint density at radius 1 is 1.12 bits per heavy atom. The molecule has 0 aliphatic carbocycles. The van der Waals surface area contributed by atoms with Gasteiger partial charge in [-0.05, 0) is 6.42 Å². The molecular weight excluding hydrogens is 472 g/mol. The molecule has 0 saturated carbocycles. The fraction of sp³-hybridized carbons (Fsp3) is 0.667. The number of carboxylic acid groups (broad SMARTS) is 2. The fourth-order valence-corrected chi connectivity index (χ4v) is 3.49. The second-order valence-corrected chi connectivity index (χ2v) is 8.01. The van der Waals surface area contributed by atoms with E-state index in [1.54, 1.807) is 0 Å². The molecule has 1 rings (SSSR count). The predicted molar refractivity (Wildman–Crippen MR) is 108 cm³/mol. The van der Waals surface area contributed by atoms with E-state index in [1.807, 2.05) is 0 Å². The number of aliphatic carboxylic acids is 2. The molecule has 1 aliphatic rings. The standard InChI is InChI=1S/C15H22N6O11S/c16-8(14(27)28)1-2-10(22)18-9(13(26)17-3-12(24)25)4-33-5-11(23)19-6-15(7-19,20(29)30)21(31)32/h8-9H,1-7,16H2,(H,17,26)(H,18,22)(H,24,25)(H,27,28)/t8?,9-/m0/s1. The van der Waals surface area contributed by atoms with Gasteiger partial charge in [-0.3, -0.25) is 44.2 Å². The number of carboxylic acids is 2. The van der Waals surface area contributed by atoms with Crippen LogP contribution < -0.4 is 16.4 Å². The van der Waals surface area contributed by atoms with Crippen LogP contribution in [0.15, 0.2) is 0 Å². The summed E-state index contributed by atoms with van der Waals surface area (Å²) in [6.07, 6.45) is -0.558. The van der Waals surface area contributed by atoms with Gasteiger partial charge in [0.25, 0.3) is 0 Å². The van der Waals surface area contributed by atoms with Gasteiger partial charge in [-0.2, -0.15) is 0 Å². The zero-order valence-electron chi connectivity index (χ0n) is 17.0. The number of rotatable bonds is 14. The number of thioether (sulfide) groups is 1. The third-order valence-corrected chi connectivity index (χ3v) is 5.52. The summed E-state index contributed by atoms with van der Waals surface area (Å²) in [5, 5.41) is 43.5. The molecule has 0 aromatic rings. The Kier molecular flexibility index (Phi) is 9.92. The molecule has 0 spiro atoms. The number of carbonyl (C=O) groups excluding carboxylic acids is 3. The number of amides is 3. The smallest absolute Gasteiger partial charge is 0.480 e. The second kappa shape index (κ2) is 11.9. The van der Waals surface area contributed by atoms with Crippen LogP contribution in [0.4, 0.5) is 0 Å². The molecule has 0 aromatic carbocycles. The van der Waals surface area contributed by atoms with Gasteiger partial charge >= 0.3 is 17.6 Å². The molecule has 0 radical (unpaired) electrons. The van der Waals surface area contributed by atoms with Crippen LogP contribution in [0.5, 0.6) is 0 Å². The minimum atomic E-state index is -2.45. The maximum absolute atomic E-state index is 12.2. The normalized spacial score (nSPS) is 16.0. The SMILES string of the molecule is NC(CCC(=O)N[C@@H](CSCC(=O)N1CC([N+](=O)[O-])([N+](=O)[O-])C1)C(=O)NCC(=O)O)C(=O)O. The largest absolute Gasteiger partial charge is 0.492 e. The third kappa shape index (κ3) is 7.83. The van der Waals surface area contributed by atoms with E-state index in [4.69, 9.17) is 15.9 Å². The lowest BCUT2D eigenvalue weighted by molar-refractivity contribution is -0.809. The number of nitrogens with one attached hydrogen (secondary N) is 2. The van der Waals surface area contributed by atoms with Crippen molar-refractivity contribution < 1.29 is 44.0 Å². The average molecular weight is 494 g/mol. The van der Waals surface area contributed by atoms with Crippen LogP contribution in [0.2, 0.25) is 0 Å². The van der Waals surface area contributed by atoms with E-state index in [0.717, 1.165) is 16.7 Å². The van der Waals surface area contributed by atoms with E-state index in [1.165, 1.54) is 0 Å². The van der Waals surface area contributed by atoms with Crippen LogP contribution in [0.1, 0.15) is 12.8 Å². The number of nitro groups is 2. The Balaban J connectivity index is 2.62. The third-order valence-electron chi connectivity index (χ3n) is 4.50. The van der Waals surface area contributed by atoms with E-state index in [2.05, 4.69) is 10.6 Å². The summed E-state index contributed by atoms with van der Waals surface area (Å²) >= 11 is 0.825. The Morgan fingerprint density at radius 3 is 2.18 bits per heavy atom. The van der Waals surface area contributed by atoms with Crippen molar-refractivity contribution in [3.05, 3.63) is 20.2 Å². The molecule has 1 unspecified atom stereocenters. The lowest BCUT2D eigenvalue weighted by Gasteiger charge is -2.36. The summed E-state index contributed by atoms with van der Waals surface area (Å²) in [4.78, 5) is 78.2. The monoisotopic (exact) mass is 494 g/mol. The van der Waals surface area contributed by atoms with E-state index in [-0.39, 0.29) is 24.3 Å². The van der Waals surface area contributed by atoms with Crippen LogP contribution in [0, 0.1) is 20.2 Å². The summed E-state index contributed by atoms with van der Waals surface area (Å²) in [6, 6.07) is -2.59. The Hall–Kier alpha value is -3.54. The van der Waals surface area contributed by atoms with E-state index in [0.29, 0.717) is 0 Å². The molecule has 1 saturated heterocycles. The number of nitrogens with zero attached hydrogens (tertiary/aromatic N) is 3. The molecule has 6 N–H and O–H groups in total. The fourth-order valence-electron chi connectivity index (χ4n) is 2.54. The van der Waals surface area contributed by atoms with Gasteiger partial charge in [0, 0.05) is 12.2 Å². The molecule has 3 amide bonds. The molecule has 33 heavy (non-hydrogen) atoms. The number of likely N-dealkylation sites (tertiary alicyclic amines) is 1. The topological polar surface area (TPSA) is 265 Å². The van der Waals surface area contributed by atoms with Crippen molar-refractivity contribution in [3.63, 3.8) is 0 Å². The number of hydrogen-bond donors (Lipinski definition) is 5. The summed E-state index contributed by atoms with van der Waals surface area (Å²) in [7, 11) is 0. The van der Waals surface area contributed by atoms with Gasteiger partial charge in [0.2, 0.25) is 17.7 Å². The highest BCUT2D eigenvalue weighted by Crippen LogP contribution is 2.25. The van der Waals surface area contributed by atoms with Crippen LogP contribution in [-0.4, -0.2) is 104 Å². The summed E-state index contributed by atoms with van der Waals surface area (Å²) in [5.74, 6) is -5.48. The van der Waals surface area contributed by atoms with E-state index >= 15 is 0 Å². The van der Waals surface area contributed by atoms with Crippen molar-refractivity contribution in [2.45, 2.75) is 30.6 Å². The molecule has 1 fully saturated rings. The minimum absolute atomic E-state index is 0.211. The van der Waals surface area contributed by atoms with Gasteiger partial charge in [-0.25, -0.2) is 0 Å². The molecule has 0 bridgehead atoms. The second-order valence-electron chi connectivity index (χ2n) is 6.98. The summed E-state index contributed by atoms with van der Waals surface area (Å²) in [6.45, 7) is -2.17. The molecule has 17 nitrogen and oxygen atoms in total. The van der Waals surface area contributed by atoms with E-state index in [9.17, 15) is 44.2 Å². The van der Waals surface area contributed by atoms with Crippen molar-refractivity contribution in [1.29, 1.82) is 0 Å². The van der Waals surface area contributed by atoms with Gasteiger partial charge in [-0.1, -0.05) is 0 Å². The first-order chi connectivity index (χ1) is 15.3. The maximum Gasteiger partial charge on any atom is 0.492 e. The first kappa shape index (κ1) is 27.5. The summed E-state index contributed by atoms with van der Waals surface area (Å²) < 4.78 is 0. The quantitative estimate of drug-likeness (QED) is 0.0900.